The number of fused-ring (bicyclic) bond motifs is 1. The summed E-state index contributed by atoms with van der Waals surface area (Å²) in [5.74, 6) is -0.0920. The van der Waals surface area contributed by atoms with Gasteiger partial charge >= 0.3 is 0 Å². The summed E-state index contributed by atoms with van der Waals surface area (Å²) in [6.07, 6.45) is 2.13. The second-order valence-electron chi connectivity index (χ2n) is 5.52. The Hall–Kier alpha value is -1.91. The normalized spacial score (nSPS) is 25.9. The van der Waals surface area contributed by atoms with Gasteiger partial charge in [-0.2, -0.15) is 0 Å². The number of halogens is 1. The topological polar surface area (TPSA) is 49.4 Å². The van der Waals surface area contributed by atoms with Crippen LogP contribution in [-0.2, 0) is 4.79 Å². The summed E-state index contributed by atoms with van der Waals surface area (Å²) in [5.41, 5.74) is 0.392. The van der Waals surface area contributed by atoms with Gasteiger partial charge in [-0.05, 0) is 37.0 Å². The number of rotatable bonds is 1. The maximum Gasteiger partial charge on any atom is 0.253 e. The molecule has 20 heavy (non-hydrogen) atoms. The van der Waals surface area contributed by atoms with Gasteiger partial charge in [-0.1, -0.05) is 6.07 Å². The number of nitrogens with zero attached hydrogens (tertiary/aromatic N) is 1. The number of likely N-dealkylation sites (tertiary alicyclic amines) is 1. The van der Waals surface area contributed by atoms with Gasteiger partial charge in [-0.25, -0.2) is 4.39 Å². The van der Waals surface area contributed by atoms with Gasteiger partial charge in [0, 0.05) is 31.1 Å². The van der Waals surface area contributed by atoms with Crippen LogP contribution in [0.3, 0.4) is 0 Å². The van der Waals surface area contributed by atoms with E-state index in [2.05, 4.69) is 5.32 Å². The minimum atomic E-state index is -0.393. The van der Waals surface area contributed by atoms with Crippen LogP contribution in [0.5, 0.6) is 0 Å². The first-order valence-corrected chi connectivity index (χ1v) is 6.97. The summed E-state index contributed by atoms with van der Waals surface area (Å²) in [7, 11) is 0. The van der Waals surface area contributed by atoms with Crippen molar-refractivity contribution in [2.24, 2.45) is 5.92 Å². The molecule has 0 spiro atoms. The Morgan fingerprint density at radius 2 is 2.20 bits per heavy atom. The van der Waals surface area contributed by atoms with Crippen LogP contribution in [-0.4, -0.2) is 35.8 Å². The Kier molecular flexibility index (Phi) is 3.42. The second kappa shape index (κ2) is 5.23. The predicted octanol–water partition coefficient (Wildman–Crippen LogP) is 1.57. The summed E-state index contributed by atoms with van der Waals surface area (Å²) in [6, 6.07) is 5.99. The third-order valence-electron chi connectivity index (χ3n) is 4.18. The van der Waals surface area contributed by atoms with Gasteiger partial charge in [-0.15, -0.1) is 0 Å². The molecule has 4 nitrogen and oxygen atoms in total. The van der Waals surface area contributed by atoms with Gasteiger partial charge in [0.05, 0.1) is 0 Å². The third-order valence-corrected chi connectivity index (χ3v) is 4.18. The molecule has 1 aromatic rings. The molecule has 106 valence electrons. The zero-order valence-corrected chi connectivity index (χ0v) is 11.1. The van der Waals surface area contributed by atoms with Crippen molar-refractivity contribution in [2.75, 3.05) is 13.1 Å². The van der Waals surface area contributed by atoms with E-state index < -0.39 is 5.82 Å². The first-order valence-electron chi connectivity index (χ1n) is 6.97. The Labute approximate surface area is 117 Å². The van der Waals surface area contributed by atoms with E-state index in [1.54, 1.807) is 17.0 Å². The fourth-order valence-corrected chi connectivity index (χ4v) is 3.10. The SMILES string of the molecule is O=C1CCC2CN(C(=O)c3cccc(F)c3)CCC2N1. The highest BCUT2D eigenvalue weighted by Crippen LogP contribution is 2.26. The van der Waals surface area contributed by atoms with E-state index in [-0.39, 0.29) is 17.9 Å². The Balaban J connectivity index is 1.70. The molecule has 0 aromatic heterocycles. The maximum absolute atomic E-state index is 13.2. The van der Waals surface area contributed by atoms with Crippen molar-refractivity contribution in [3.63, 3.8) is 0 Å². The van der Waals surface area contributed by atoms with E-state index in [4.69, 9.17) is 0 Å². The molecule has 3 rings (SSSR count). The summed E-state index contributed by atoms with van der Waals surface area (Å²) >= 11 is 0. The van der Waals surface area contributed by atoms with Crippen LogP contribution in [0.15, 0.2) is 24.3 Å². The number of carbonyl (C=O) groups is 2. The number of hydrogen-bond acceptors (Lipinski definition) is 2. The van der Waals surface area contributed by atoms with Crippen LogP contribution in [0.25, 0.3) is 0 Å². The Morgan fingerprint density at radius 1 is 1.35 bits per heavy atom. The molecule has 2 atom stereocenters. The summed E-state index contributed by atoms with van der Waals surface area (Å²) < 4.78 is 13.2. The summed E-state index contributed by atoms with van der Waals surface area (Å²) in [4.78, 5) is 25.5. The fraction of sp³-hybridized carbons (Fsp3) is 0.467. The molecule has 1 aromatic carbocycles. The minimum Gasteiger partial charge on any atom is -0.353 e. The smallest absolute Gasteiger partial charge is 0.253 e. The lowest BCUT2D eigenvalue weighted by Crippen LogP contribution is -2.55. The van der Waals surface area contributed by atoms with Crippen molar-refractivity contribution < 1.29 is 14.0 Å². The number of carbonyl (C=O) groups excluding carboxylic acids is 2. The highest BCUT2D eigenvalue weighted by Gasteiger charge is 2.35. The summed E-state index contributed by atoms with van der Waals surface area (Å²) in [6.45, 7) is 1.25. The molecule has 1 N–H and O–H groups in total. The van der Waals surface area contributed by atoms with Gasteiger partial charge in [0.15, 0.2) is 0 Å². The van der Waals surface area contributed by atoms with Crippen molar-refractivity contribution in [1.29, 1.82) is 0 Å². The van der Waals surface area contributed by atoms with Crippen LogP contribution in [0.2, 0.25) is 0 Å². The Bertz CT molecular complexity index is 546. The average Bonchev–Trinajstić information content (AvgIpc) is 2.46. The van der Waals surface area contributed by atoms with Crippen molar-refractivity contribution in [3.8, 4) is 0 Å². The molecule has 2 unspecified atom stereocenters. The largest absolute Gasteiger partial charge is 0.353 e. The molecule has 5 heteroatoms. The Morgan fingerprint density at radius 3 is 3.00 bits per heavy atom. The number of piperidine rings is 2. The minimum absolute atomic E-state index is 0.108. The lowest BCUT2D eigenvalue weighted by Gasteiger charge is -2.41. The molecule has 2 aliphatic rings. The molecule has 2 fully saturated rings. The van der Waals surface area contributed by atoms with E-state index in [1.807, 2.05) is 0 Å². The van der Waals surface area contributed by atoms with Gasteiger partial charge in [0.2, 0.25) is 5.91 Å². The molecule has 2 heterocycles. The van der Waals surface area contributed by atoms with Gasteiger partial charge in [-0.3, -0.25) is 9.59 Å². The molecular formula is C15H17FN2O2. The zero-order chi connectivity index (χ0) is 14.1. The molecule has 2 amide bonds. The number of benzene rings is 1. The lowest BCUT2D eigenvalue weighted by atomic mass is 9.85. The quantitative estimate of drug-likeness (QED) is 0.846. The van der Waals surface area contributed by atoms with Gasteiger partial charge < -0.3 is 10.2 Å². The highest BCUT2D eigenvalue weighted by molar-refractivity contribution is 5.94. The van der Waals surface area contributed by atoms with Crippen molar-refractivity contribution in [3.05, 3.63) is 35.6 Å². The number of hydrogen-bond donors (Lipinski definition) is 1. The predicted molar refractivity (Wildman–Crippen MR) is 71.6 cm³/mol. The highest BCUT2D eigenvalue weighted by atomic mass is 19.1. The first-order chi connectivity index (χ1) is 9.63. The monoisotopic (exact) mass is 276 g/mol. The van der Waals surface area contributed by atoms with Crippen LogP contribution in [0, 0.1) is 11.7 Å². The average molecular weight is 276 g/mol. The molecule has 0 bridgehead atoms. The van der Waals surface area contributed by atoms with Crippen molar-refractivity contribution in [2.45, 2.75) is 25.3 Å². The summed E-state index contributed by atoms with van der Waals surface area (Å²) in [5, 5.41) is 2.99. The third kappa shape index (κ3) is 2.53. The zero-order valence-electron chi connectivity index (χ0n) is 11.1. The second-order valence-corrected chi connectivity index (χ2v) is 5.52. The molecule has 0 saturated carbocycles. The maximum atomic E-state index is 13.2. The fourth-order valence-electron chi connectivity index (χ4n) is 3.10. The van der Waals surface area contributed by atoms with Crippen molar-refractivity contribution >= 4 is 11.8 Å². The van der Waals surface area contributed by atoms with Crippen LogP contribution in [0.4, 0.5) is 4.39 Å². The van der Waals surface area contributed by atoms with E-state index in [1.165, 1.54) is 12.1 Å². The lowest BCUT2D eigenvalue weighted by molar-refractivity contribution is -0.125. The molecule has 0 radical (unpaired) electrons. The molecule has 2 aliphatic heterocycles. The van der Waals surface area contributed by atoms with Crippen LogP contribution >= 0.6 is 0 Å². The van der Waals surface area contributed by atoms with Gasteiger partial charge in [0.1, 0.15) is 5.82 Å². The number of amides is 2. The van der Waals surface area contributed by atoms with E-state index in [0.717, 1.165) is 12.8 Å². The first kappa shape index (κ1) is 13.1. The van der Waals surface area contributed by atoms with Gasteiger partial charge in [0.25, 0.3) is 5.91 Å². The molecular weight excluding hydrogens is 259 g/mol. The molecule has 0 aliphatic carbocycles. The standard InChI is InChI=1S/C15H17FN2O2/c16-12-3-1-2-10(8-12)15(20)18-7-6-13-11(9-18)4-5-14(19)17-13/h1-3,8,11,13H,4-7,9H2,(H,17,19). The van der Waals surface area contributed by atoms with Crippen LogP contribution < -0.4 is 5.32 Å². The van der Waals surface area contributed by atoms with Crippen LogP contribution in [0.1, 0.15) is 29.6 Å². The van der Waals surface area contributed by atoms with Crippen molar-refractivity contribution in [1.82, 2.24) is 10.2 Å². The molecule has 2 saturated heterocycles. The van der Waals surface area contributed by atoms with E-state index >= 15 is 0 Å². The van der Waals surface area contributed by atoms with E-state index in [9.17, 15) is 14.0 Å². The number of nitrogens with one attached hydrogen (secondary N) is 1. The van der Waals surface area contributed by atoms with E-state index in [0.29, 0.717) is 31.0 Å².